The van der Waals surface area contributed by atoms with Gasteiger partial charge in [-0.1, -0.05) is 138 Å². The van der Waals surface area contributed by atoms with Crippen molar-refractivity contribution in [2.75, 3.05) is 9.80 Å². The molecule has 0 unspecified atom stereocenters. The van der Waals surface area contributed by atoms with Crippen LogP contribution in [0.25, 0.3) is 0 Å². The number of para-hydroxylation sites is 4. The Kier molecular flexibility index (Phi) is 12.5. The summed E-state index contributed by atoms with van der Waals surface area (Å²) in [6.45, 7) is 0. The van der Waals surface area contributed by atoms with Crippen LogP contribution in [-0.4, -0.2) is 0 Å². The van der Waals surface area contributed by atoms with Crippen LogP contribution in [0.15, 0.2) is 243 Å². The monoisotopic (exact) mass is 812 g/mol. The van der Waals surface area contributed by atoms with Crippen molar-refractivity contribution in [1.82, 2.24) is 0 Å². The summed E-state index contributed by atoms with van der Waals surface area (Å²) in [4.78, 5) is 4.48. The molecule has 0 amide bonds. The fourth-order valence-corrected chi connectivity index (χ4v) is 7.17. The number of hydrogen-bond acceptors (Lipinski definition) is 2. The van der Waals surface area contributed by atoms with Gasteiger partial charge in [0.2, 0.25) is 0 Å². The minimum absolute atomic E-state index is 0.831. The van der Waals surface area contributed by atoms with Crippen LogP contribution >= 0.6 is 0 Å². The highest BCUT2D eigenvalue weighted by atomic mass is 15.1. The second-order valence-corrected chi connectivity index (χ2v) is 14.8. The number of nitrogens with zero attached hydrogens (tertiary/aromatic N) is 2. The van der Waals surface area contributed by atoms with Crippen LogP contribution in [0.3, 0.4) is 0 Å². The number of benzene rings is 9. The highest BCUT2D eigenvalue weighted by molar-refractivity contribution is 5.78. The Morgan fingerprint density at radius 2 is 0.359 bits per heavy atom. The van der Waals surface area contributed by atoms with Gasteiger partial charge >= 0.3 is 0 Å². The zero-order valence-corrected chi connectivity index (χ0v) is 35.0. The molecule has 0 bridgehead atoms. The molecule has 0 N–H and O–H groups in total. The van der Waals surface area contributed by atoms with E-state index < -0.39 is 0 Å². The third kappa shape index (κ3) is 10.4. The summed E-state index contributed by atoms with van der Waals surface area (Å²) in [7, 11) is 0. The molecule has 0 saturated heterocycles. The normalized spacial score (nSPS) is 10.0. The molecular formula is C62H40N2. The average Bonchev–Trinajstić information content (AvgIpc) is 3.37. The fraction of sp³-hybridized carbons (Fsp3) is 0. The van der Waals surface area contributed by atoms with Gasteiger partial charge in [0.15, 0.2) is 0 Å². The van der Waals surface area contributed by atoms with Gasteiger partial charge in [0, 0.05) is 78.6 Å². The SMILES string of the molecule is C(#Cc1ccc(C#Cc2cc(C#Cc3ccc(N(c4ccccc4)c4ccccc4)cc3)cc(C#Cc3ccc(N(c4ccccc4)c4ccccc4)cc3)c2)cc1)c1ccccc1. The van der Waals surface area contributed by atoms with Crippen LogP contribution in [0.2, 0.25) is 0 Å². The summed E-state index contributed by atoms with van der Waals surface area (Å²) in [5.41, 5.74) is 13.6. The van der Waals surface area contributed by atoms with Crippen molar-refractivity contribution in [2.24, 2.45) is 0 Å². The Bertz CT molecular complexity index is 2980. The van der Waals surface area contributed by atoms with Crippen molar-refractivity contribution in [3.63, 3.8) is 0 Å². The largest absolute Gasteiger partial charge is 0.311 e. The maximum atomic E-state index is 3.42. The summed E-state index contributed by atoms with van der Waals surface area (Å²) in [6, 6.07) is 82.4. The van der Waals surface area contributed by atoms with E-state index in [2.05, 4.69) is 203 Å². The Balaban J connectivity index is 1.01. The lowest BCUT2D eigenvalue weighted by Crippen LogP contribution is -2.09. The smallest absolute Gasteiger partial charge is 0.0462 e. The molecule has 9 rings (SSSR count). The van der Waals surface area contributed by atoms with E-state index in [1.54, 1.807) is 0 Å². The zero-order valence-electron chi connectivity index (χ0n) is 35.0. The van der Waals surface area contributed by atoms with E-state index in [1.165, 1.54) is 0 Å². The van der Waals surface area contributed by atoms with Gasteiger partial charge < -0.3 is 9.80 Å². The van der Waals surface area contributed by atoms with Crippen molar-refractivity contribution < 1.29 is 0 Å². The van der Waals surface area contributed by atoms with Crippen LogP contribution in [-0.2, 0) is 0 Å². The molecular weight excluding hydrogens is 773 g/mol. The predicted octanol–water partition coefficient (Wildman–Crippen LogP) is 14.2. The maximum Gasteiger partial charge on any atom is 0.0462 e. The van der Waals surface area contributed by atoms with Crippen LogP contribution in [0.4, 0.5) is 34.1 Å². The van der Waals surface area contributed by atoms with E-state index in [0.29, 0.717) is 0 Å². The van der Waals surface area contributed by atoms with Crippen molar-refractivity contribution in [3.8, 4) is 47.4 Å². The first kappa shape index (κ1) is 40.2. The second-order valence-electron chi connectivity index (χ2n) is 14.8. The van der Waals surface area contributed by atoms with Crippen LogP contribution in [0, 0.1) is 47.4 Å². The van der Waals surface area contributed by atoms with Crippen molar-refractivity contribution in [1.29, 1.82) is 0 Å². The molecule has 0 aliphatic carbocycles. The van der Waals surface area contributed by atoms with E-state index >= 15 is 0 Å². The molecule has 0 atom stereocenters. The number of anilines is 6. The molecule has 0 saturated carbocycles. The van der Waals surface area contributed by atoms with Crippen LogP contribution in [0.1, 0.15) is 44.5 Å². The molecule has 9 aromatic carbocycles. The van der Waals surface area contributed by atoms with Gasteiger partial charge in [0.25, 0.3) is 0 Å². The Morgan fingerprint density at radius 3 is 0.625 bits per heavy atom. The maximum absolute atomic E-state index is 3.42. The molecule has 0 spiro atoms. The molecule has 0 heterocycles. The molecule has 0 radical (unpaired) electrons. The zero-order chi connectivity index (χ0) is 43.2. The minimum Gasteiger partial charge on any atom is -0.311 e. The van der Waals surface area contributed by atoms with Crippen LogP contribution in [0.5, 0.6) is 0 Å². The average molecular weight is 813 g/mol. The lowest BCUT2D eigenvalue weighted by atomic mass is 10.0. The third-order valence-electron chi connectivity index (χ3n) is 10.3. The lowest BCUT2D eigenvalue weighted by Gasteiger charge is -2.25. The Morgan fingerprint density at radius 1 is 0.172 bits per heavy atom. The first-order valence-corrected chi connectivity index (χ1v) is 21.1. The van der Waals surface area contributed by atoms with Gasteiger partial charge in [-0.05, 0) is 152 Å². The standard InChI is InChI=1S/C62H40N2/c1-6-16-49(17-7-1)26-27-50-28-30-51(31-29-50)32-35-54-46-55(36-33-52-38-42-61(43-39-52)63(57-18-8-2-9-19-57)58-20-10-3-11-21-58)48-56(47-54)37-34-53-40-44-62(45-41-53)64(59-22-12-4-13-23-59)60-24-14-5-15-25-60/h1-25,28-31,38-48H. The highest BCUT2D eigenvalue weighted by Gasteiger charge is 2.13. The van der Waals surface area contributed by atoms with Crippen molar-refractivity contribution in [2.45, 2.75) is 0 Å². The van der Waals surface area contributed by atoms with E-state index in [1.807, 2.05) is 97.1 Å². The molecule has 0 fully saturated rings. The molecule has 2 nitrogen and oxygen atoms in total. The Hall–Kier alpha value is -9.18. The molecule has 2 heteroatoms. The summed E-state index contributed by atoms with van der Waals surface area (Å²) in [6.07, 6.45) is 0. The van der Waals surface area contributed by atoms with Gasteiger partial charge in [0.05, 0.1) is 0 Å². The first-order chi connectivity index (χ1) is 31.7. The third-order valence-corrected chi connectivity index (χ3v) is 10.3. The molecule has 0 aromatic heterocycles. The predicted molar refractivity (Wildman–Crippen MR) is 265 cm³/mol. The molecule has 9 aromatic rings. The van der Waals surface area contributed by atoms with Gasteiger partial charge in [-0.3, -0.25) is 0 Å². The van der Waals surface area contributed by atoms with E-state index in [9.17, 15) is 0 Å². The quantitative estimate of drug-likeness (QED) is 0.154. The highest BCUT2D eigenvalue weighted by Crippen LogP contribution is 2.35. The molecule has 0 aliphatic heterocycles. The second kappa shape index (κ2) is 19.9. The van der Waals surface area contributed by atoms with E-state index in [-0.39, 0.29) is 0 Å². The summed E-state index contributed by atoms with van der Waals surface area (Å²) >= 11 is 0. The van der Waals surface area contributed by atoms with Crippen LogP contribution < -0.4 is 9.80 Å². The summed E-state index contributed by atoms with van der Waals surface area (Å²) < 4.78 is 0. The van der Waals surface area contributed by atoms with E-state index in [4.69, 9.17) is 0 Å². The van der Waals surface area contributed by atoms with Gasteiger partial charge in [0.1, 0.15) is 0 Å². The number of hydrogen-bond donors (Lipinski definition) is 0. The summed E-state index contributed by atoms with van der Waals surface area (Å²) in [5, 5.41) is 0. The Labute approximate surface area is 376 Å². The minimum atomic E-state index is 0.831. The lowest BCUT2D eigenvalue weighted by molar-refractivity contribution is 1.28. The summed E-state index contributed by atoms with van der Waals surface area (Å²) in [5.74, 6) is 26.8. The topological polar surface area (TPSA) is 6.48 Å². The van der Waals surface area contributed by atoms with Gasteiger partial charge in [-0.2, -0.15) is 0 Å². The first-order valence-electron chi connectivity index (χ1n) is 21.1. The van der Waals surface area contributed by atoms with Gasteiger partial charge in [-0.25, -0.2) is 0 Å². The molecule has 64 heavy (non-hydrogen) atoms. The molecule has 298 valence electrons. The number of rotatable bonds is 6. The van der Waals surface area contributed by atoms with Gasteiger partial charge in [-0.15, -0.1) is 0 Å². The van der Waals surface area contributed by atoms with Crippen molar-refractivity contribution in [3.05, 3.63) is 287 Å². The van der Waals surface area contributed by atoms with Crippen molar-refractivity contribution >= 4 is 34.1 Å². The van der Waals surface area contributed by atoms with E-state index in [0.717, 1.165) is 78.6 Å². The molecule has 0 aliphatic rings. The fourth-order valence-electron chi connectivity index (χ4n) is 7.17.